The van der Waals surface area contributed by atoms with E-state index in [-0.39, 0.29) is 43.5 Å². The van der Waals surface area contributed by atoms with Gasteiger partial charge in [-0.1, -0.05) is 125 Å². The van der Waals surface area contributed by atoms with Gasteiger partial charge in [-0.25, -0.2) is 0 Å². The number of aliphatic hydroxyl groups excluding tert-OH is 1. The van der Waals surface area contributed by atoms with Gasteiger partial charge in [-0.15, -0.1) is 28.8 Å². The van der Waals surface area contributed by atoms with Gasteiger partial charge in [0.05, 0.1) is 13.8 Å². The van der Waals surface area contributed by atoms with Crippen LogP contribution in [0.25, 0.3) is 54.3 Å². The Bertz CT molecular complexity index is 2240. The van der Waals surface area contributed by atoms with Gasteiger partial charge < -0.3 is 5.11 Å². The third kappa shape index (κ3) is 7.36. The number of carbonyl (C=O) groups excluding carboxylic acids is 1. The summed E-state index contributed by atoms with van der Waals surface area (Å²) in [5.74, 6) is 1.19. The van der Waals surface area contributed by atoms with Gasteiger partial charge in [0.15, 0.2) is 5.78 Å². The molecule has 5 heteroatoms. The Balaban J connectivity index is 0.000000271. The van der Waals surface area contributed by atoms with Crippen molar-refractivity contribution in [1.29, 1.82) is 0 Å². The fraction of sp³-hybridized carbons (Fsp3) is 0.348. The summed E-state index contributed by atoms with van der Waals surface area (Å²) >= 11 is 0. The minimum atomic E-state index is -1.99. The number of allylic oxidation sites excluding steroid dienone is 2. The number of ketones is 1. The predicted molar refractivity (Wildman–Crippen MR) is 218 cm³/mol. The number of rotatable bonds is 9. The van der Waals surface area contributed by atoms with Gasteiger partial charge in [0.1, 0.15) is 0 Å². The molecule has 0 spiro atoms. The maximum absolute atomic E-state index is 11.7. The van der Waals surface area contributed by atoms with E-state index in [1.165, 1.54) is 70.7 Å². The van der Waals surface area contributed by atoms with Crippen molar-refractivity contribution in [3.63, 3.8) is 0 Å². The molecule has 0 unspecified atom stereocenters. The van der Waals surface area contributed by atoms with Gasteiger partial charge in [-0.2, -0.15) is 0 Å². The van der Waals surface area contributed by atoms with Crippen molar-refractivity contribution in [2.75, 3.05) is 0 Å². The summed E-state index contributed by atoms with van der Waals surface area (Å²) in [5, 5.41) is 23.2. The molecule has 0 atom stereocenters. The molecule has 3 nitrogen and oxygen atoms in total. The number of aromatic nitrogens is 1. The molecule has 1 aromatic heterocycles. The Hall–Kier alpha value is -3.63. The Labute approximate surface area is 318 Å². The molecule has 0 fully saturated rings. The van der Waals surface area contributed by atoms with Crippen molar-refractivity contribution in [2.45, 2.75) is 86.7 Å². The molecule has 1 N–H and O–H groups in total. The fourth-order valence-corrected chi connectivity index (χ4v) is 11.0. The normalized spacial score (nSPS) is 13.5. The Morgan fingerprint density at radius 3 is 2.16 bits per heavy atom. The van der Waals surface area contributed by atoms with Gasteiger partial charge >= 0.3 is 0 Å². The van der Waals surface area contributed by atoms with E-state index in [4.69, 9.17) is 4.98 Å². The summed E-state index contributed by atoms with van der Waals surface area (Å²) in [4.78, 5) is 16.7. The van der Waals surface area contributed by atoms with E-state index in [2.05, 4.69) is 106 Å². The summed E-state index contributed by atoms with van der Waals surface area (Å²) < 4.78 is 0. The number of pyridine rings is 1. The standard InChI is InChI=1S/C33H28NSi.C13H24O2.Ir/c1-20(2)15-21-9-10-22-11-12-25-26-13-14-34-33-29-17-23-7-5-6-8-24(23)18-30(29)35(3,4)31(32(26)33)19-28(25)27(22)16-21;1-5-10(6-2)12(14)9-13(15)11(7-3)8-4;/h5-14,16,18-20H,15H2,1-4H3;9-11,14H,5-8H2,1-4H3;/q-1;;/b;12-9-;. The van der Waals surface area contributed by atoms with Gasteiger partial charge in [-0.05, 0) is 82.0 Å². The Morgan fingerprint density at radius 2 is 1.47 bits per heavy atom. The molecule has 5 aromatic carbocycles. The van der Waals surface area contributed by atoms with Crippen molar-refractivity contribution < 1.29 is 30.0 Å². The Morgan fingerprint density at radius 1 is 0.784 bits per heavy atom. The summed E-state index contributed by atoms with van der Waals surface area (Å²) in [6.45, 7) is 17.7. The van der Waals surface area contributed by atoms with Crippen LogP contribution in [0, 0.1) is 23.8 Å². The minimum absolute atomic E-state index is 0. The van der Waals surface area contributed by atoms with Crippen LogP contribution in [0.3, 0.4) is 0 Å². The number of aliphatic hydroxyl groups is 1. The molecule has 0 saturated heterocycles. The quantitative estimate of drug-likeness (QED) is 0.0518. The molecule has 2 heterocycles. The number of hydrogen-bond acceptors (Lipinski definition) is 3. The number of nitrogens with zero attached hydrogens (tertiary/aromatic N) is 1. The van der Waals surface area contributed by atoms with Gasteiger partial charge in [0.2, 0.25) is 0 Å². The zero-order valence-electron chi connectivity index (χ0n) is 31.5. The molecule has 51 heavy (non-hydrogen) atoms. The predicted octanol–water partition coefficient (Wildman–Crippen LogP) is 11.4. The van der Waals surface area contributed by atoms with Crippen LogP contribution in [0.1, 0.15) is 72.8 Å². The second-order valence-corrected chi connectivity index (χ2v) is 19.4. The summed E-state index contributed by atoms with van der Waals surface area (Å²) in [6.07, 6.45) is 8.01. The van der Waals surface area contributed by atoms with Crippen molar-refractivity contribution in [2.24, 2.45) is 17.8 Å². The second-order valence-electron chi connectivity index (χ2n) is 15.1. The molecule has 0 saturated carbocycles. The minimum Gasteiger partial charge on any atom is -0.512 e. The molecular weight excluding hydrogens is 819 g/mol. The SMILES string of the molecule is CC(C)Cc1ccc2ccc3c4ccnc5c4c(cc3c2c1)[Si](C)(C)c1cc2ccccc2[c-]c1-5.CCC(CC)C(=O)/C=C(\O)C(CC)CC.[Ir]. The van der Waals surface area contributed by atoms with Gasteiger partial charge in [0, 0.05) is 49.9 Å². The third-order valence-electron chi connectivity index (χ3n) is 11.0. The first-order chi connectivity index (χ1) is 24.0. The topological polar surface area (TPSA) is 50.2 Å². The van der Waals surface area contributed by atoms with Crippen LogP contribution in [-0.2, 0) is 31.3 Å². The first-order valence-corrected chi connectivity index (χ1v) is 21.7. The van der Waals surface area contributed by atoms with E-state index in [0.29, 0.717) is 5.92 Å². The van der Waals surface area contributed by atoms with Crippen LogP contribution in [0.15, 0.2) is 90.8 Å². The van der Waals surface area contributed by atoms with E-state index in [9.17, 15) is 9.90 Å². The Kier molecular flexibility index (Phi) is 12.1. The molecule has 0 amide bonds. The monoisotopic (exact) mass is 871 g/mol. The van der Waals surface area contributed by atoms with E-state index >= 15 is 0 Å². The molecule has 267 valence electrons. The average Bonchev–Trinajstić information content (AvgIpc) is 3.10. The summed E-state index contributed by atoms with van der Waals surface area (Å²) in [6, 6.07) is 31.2. The second kappa shape index (κ2) is 15.9. The van der Waals surface area contributed by atoms with E-state index in [1.807, 2.05) is 33.9 Å². The van der Waals surface area contributed by atoms with E-state index < -0.39 is 8.07 Å². The molecule has 1 aliphatic heterocycles. The first-order valence-electron chi connectivity index (χ1n) is 18.7. The number of benzene rings is 5. The summed E-state index contributed by atoms with van der Waals surface area (Å²) in [7, 11) is -1.99. The van der Waals surface area contributed by atoms with Crippen molar-refractivity contribution in [3.05, 3.63) is 102 Å². The van der Waals surface area contributed by atoms with Crippen LogP contribution in [0.5, 0.6) is 0 Å². The van der Waals surface area contributed by atoms with Crippen LogP contribution in [-0.4, -0.2) is 23.9 Å². The maximum atomic E-state index is 11.7. The van der Waals surface area contributed by atoms with Crippen LogP contribution in [0.2, 0.25) is 13.1 Å². The average molecular weight is 871 g/mol. The number of hydrogen-bond donors (Lipinski definition) is 1. The van der Waals surface area contributed by atoms with Crippen molar-refractivity contribution in [3.8, 4) is 11.3 Å². The smallest absolute Gasteiger partial charge is 0.162 e. The van der Waals surface area contributed by atoms with Gasteiger partial charge in [-0.3, -0.25) is 9.78 Å². The van der Waals surface area contributed by atoms with Crippen LogP contribution in [0.4, 0.5) is 0 Å². The zero-order chi connectivity index (χ0) is 35.7. The molecule has 1 aliphatic rings. The molecule has 0 aliphatic carbocycles. The largest absolute Gasteiger partial charge is 0.512 e. The van der Waals surface area contributed by atoms with E-state index in [0.717, 1.165) is 37.8 Å². The van der Waals surface area contributed by atoms with Crippen molar-refractivity contribution in [1.82, 2.24) is 4.98 Å². The van der Waals surface area contributed by atoms with Gasteiger partial charge in [0.25, 0.3) is 0 Å². The van der Waals surface area contributed by atoms with E-state index in [1.54, 1.807) is 0 Å². The maximum Gasteiger partial charge on any atom is 0.162 e. The van der Waals surface area contributed by atoms with Crippen LogP contribution < -0.4 is 10.4 Å². The molecular formula is C46H52IrNO2Si-. The zero-order valence-corrected chi connectivity index (χ0v) is 34.9. The third-order valence-corrected chi connectivity index (χ3v) is 14.5. The molecule has 7 rings (SSSR count). The molecule has 1 radical (unpaired) electrons. The number of fused-ring (bicyclic) bond motifs is 7. The fourth-order valence-electron chi connectivity index (χ4n) is 8.01. The summed E-state index contributed by atoms with van der Waals surface area (Å²) in [5.41, 5.74) is 3.73. The molecule has 0 bridgehead atoms. The number of carbonyl (C=O) groups is 1. The molecule has 6 aromatic rings. The first kappa shape index (κ1) is 38.6. The van der Waals surface area contributed by atoms with Crippen LogP contribution >= 0.6 is 0 Å². The van der Waals surface area contributed by atoms with Crippen molar-refractivity contribution >= 4 is 67.3 Å².